The van der Waals surface area contributed by atoms with Gasteiger partial charge in [0.25, 0.3) is 15.9 Å². The summed E-state index contributed by atoms with van der Waals surface area (Å²) >= 11 is 12.8. The van der Waals surface area contributed by atoms with Crippen LogP contribution < -0.4 is 5.48 Å². The number of nitrogens with zero attached hydrogens (tertiary/aromatic N) is 1. The van der Waals surface area contributed by atoms with E-state index in [0.717, 1.165) is 9.54 Å². The molecule has 3 aromatic carbocycles. The standard InChI is InChI=1S/C27H22Cl2N2O6S/c1-3-37-27(33)25-21(15-20(26(32)30-34)17-7-5-4-6-8-17)24-22(29)13-18(28)14-23(24)31(25)38(35,36)19-11-9-16(2)10-12-19/h4-15,34H,3H2,1-2H3,(H,30,32)/b20-15+. The average Bonchev–Trinajstić information content (AvgIpc) is 3.22. The lowest BCUT2D eigenvalue weighted by Gasteiger charge is -2.13. The second-order valence-corrected chi connectivity index (χ2v) is 10.8. The van der Waals surface area contributed by atoms with Crippen molar-refractivity contribution in [3.05, 3.63) is 99.2 Å². The minimum absolute atomic E-state index is 0.00161. The SMILES string of the molecule is CCOC(=O)c1c(/C=C(/C(=O)NO)c2ccccc2)c2c(Cl)cc(Cl)cc2n1S(=O)(=O)c1ccc(C)cc1. The molecule has 0 unspecified atom stereocenters. The number of ether oxygens (including phenoxy) is 1. The van der Waals surface area contributed by atoms with Crippen LogP contribution in [-0.2, 0) is 19.6 Å². The largest absolute Gasteiger partial charge is 0.461 e. The Labute approximate surface area is 229 Å². The number of amides is 1. The van der Waals surface area contributed by atoms with Crippen LogP contribution in [0, 0.1) is 6.92 Å². The smallest absolute Gasteiger partial charge is 0.356 e. The van der Waals surface area contributed by atoms with Crippen molar-refractivity contribution in [3.8, 4) is 0 Å². The van der Waals surface area contributed by atoms with Crippen molar-refractivity contribution >= 4 is 67.7 Å². The second-order valence-electron chi connectivity index (χ2n) is 8.21. The highest BCUT2D eigenvalue weighted by atomic mass is 35.5. The Morgan fingerprint density at radius 1 is 1.05 bits per heavy atom. The lowest BCUT2D eigenvalue weighted by atomic mass is 10.0. The Kier molecular flexibility index (Phi) is 7.94. The van der Waals surface area contributed by atoms with E-state index in [1.807, 2.05) is 6.92 Å². The summed E-state index contributed by atoms with van der Waals surface area (Å²) in [4.78, 5) is 26.0. The van der Waals surface area contributed by atoms with Gasteiger partial charge in [-0.1, -0.05) is 71.2 Å². The van der Waals surface area contributed by atoms with Gasteiger partial charge in [0.05, 0.1) is 22.0 Å². The molecule has 1 amide bonds. The fourth-order valence-electron chi connectivity index (χ4n) is 4.04. The molecule has 4 aromatic rings. The Hall–Kier alpha value is -3.63. The van der Waals surface area contributed by atoms with Gasteiger partial charge in [-0.15, -0.1) is 0 Å². The molecule has 0 radical (unpaired) electrons. The van der Waals surface area contributed by atoms with E-state index in [9.17, 15) is 23.2 Å². The second kappa shape index (κ2) is 11.0. The van der Waals surface area contributed by atoms with E-state index in [1.165, 1.54) is 30.3 Å². The first-order chi connectivity index (χ1) is 18.1. The zero-order chi connectivity index (χ0) is 27.6. The van der Waals surface area contributed by atoms with Gasteiger partial charge in [-0.2, -0.15) is 0 Å². The topological polar surface area (TPSA) is 115 Å². The monoisotopic (exact) mass is 572 g/mol. The maximum atomic E-state index is 14.0. The first-order valence-electron chi connectivity index (χ1n) is 11.3. The molecule has 0 aliphatic heterocycles. The van der Waals surface area contributed by atoms with Gasteiger partial charge in [0, 0.05) is 21.5 Å². The van der Waals surface area contributed by atoms with E-state index in [1.54, 1.807) is 54.9 Å². The maximum absolute atomic E-state index is 14.0. The van der Waals surface area contributed by atoms with E-state index in [4.69, 9.17) is 27.9 Å². The molecular weight excluding hydrogens is 551 g/mol. The van der Waals surface area contributed by atoms with Gasteiger partial charge in [0.15, 0.2) is 5.69 Å². The number of halogens is 2. The Balaban J connectivity index is 2.20. The van der Waals surface area contributed by atoms with Gasteiger partial charge in [0.1, 0.15) is 0 Å². The summed E-state index contributed by atoms with van der Waals surface area (Å²) in [5.41, 5.74) is 2.39. The molecule has 0 atom stereocenters. The van der Waals surface area contributed by atoms with Crippen LogP contribution in [0.4, 0.5) is 0 Å². The zero-order valence-corrected chi connectivity index (χ0v) is 22.6. The maximum Gasteiger partial charge on any atom is 0.356 e. The number of aromatic nitrogens is 1. The van der Waals surface area contributed by atoms with Gasteiger partial charge in [0.2, 0.25) is 0 Å². The van der Waals surface area contributed by atoms with Gasteiger partial charge in [-0.05, 0) is 49.8 Å². The number of hydrogen-bond donors (Lipinski definition) is 2. The minimum atomic E-state index is -4.40. The quantitative estimate of drug-likeness (QED) is 0.127. The molecule has 0 bridgehead atoms. The van der Waals surface area contributed by atoms with Gasteiger partial charge >= 0.3 is 5.97 Å². The van der Waals surface area contributed by atoms with E-state index >= 15 is 0 Å². The van der Waals surface area contributed by atoms with Crippen LogP contribution in [-0.4, -0.2) is 36.1 Å². The highest BCUT2D eigenvalue weighted by molar-refractivity contribution is 7.90. The Morgan fingerprint density at radius 3 is 2.32 bits per heavy atom. The third kappa shape index (κ3) is 5.06. The van der Waals surface area contributed by atoms with E-state index in [2.05, 4.69) is 0 Å². The zero-order valence-electron chi connectivity index (χ0n) is 20.2. The fourth-order valence-corrected chi connectivity index (χ4v) is 6.13. The molecule has 8 nitrogen and oxygen atoms in total. The summed E-state index contributed by atoms with van der Waals surface area (Å²) in [7, 11) is -4.40. The fraction of sp³-hybridized carbons (Fsp3) is 0.111. The van der Waals surface area contributed by atoms with Gasteiger partial charge in [-0.3, -0.25) is 10.0 Å². The van der Waals surface area contributed by atoms with Crippen molar-refractivity contribution in [2.24, 2.45) is 0 Å². The lowest BCUT2D eigenvalue weighted by Crippen LogP contribution is -2.21. The number of hydroxylamine groups is 1. The number of hydrogen-bond acceptors (Lipinski definition) is 6. The molecule has 0 saturated heterocycles. The van der Waals surface area contributed by atoms with Crippen molar-refractivity contribution in [2.75, 3.05) is 6.61 Å². The number of benzene rings is 3. The van der Waals surface area contributed by atoms with Crippen molar-refractivity contribution in [1.82, 2.24) is 9.45 Å². The van der Waals surface area contributed by atoms with Crippen LogP contribution in [0.1, 0.15) is 34.1 Å². The number of fused-ring (bicyclic) bond motifs is 1. The molecule has 0 fully saturated rings. The molecule has 38 heavy (non-hydrogen) atoms. The Morgan fingerprint density at radius 2 is 1.71 bits per heavy atom. The van der Waals surface area contributed by atoms with Crippen LogP contribution >= 0.6 is 23.2 Å². The van der Waals surface area contributed by atoms with Crippen molar-refractivity contribution in [2.45, 2.75) is 18.7 Å². The van der Waals surface area contributed by atoms with E-state index in [0.29, 0.717) is 5.56 Å². The highest BCUT2D eigenvalue weighted by Crippen LogP contribution is 2.39. The van der Waals surface area contributed by atoms with Gasteiger partial charge in [-0.25, -0.2) is 22.7 Å². The van der Waals surface area contributed by atoms with Crippen LogP contribution in [0.5, 0.6) is 0 Å². The minimum Gasteiger partial charge on any atom is -0.461 e. The molecule has 1 heterocycles. The summed E-state index contributed by atoms with van der Waals surface area (Å²) in [6.07, 6.45) is 1.29. The third-order valence-corrected chi connectivity index (χ3v) is 7.97. The molecule has 11 heteroatoms. The first-order valence-corrected chi connectivity index (χ1v) is 13.5. The number of nitrogens with one attached hydrogen (secondary N) is 1. The normalized spacial score (nSPS) is 12.0. The van der Waals surface area contributed by atoms with Crippen LogP contribution in [0.3, 0.4) is 0 Å². The van der Waals surface area contributed by atoms with E-state index < -0.39 is 21.9 Å². The summed E-state index contributed by atoms with van der Waals surface area (Å²) in [5.74, 6) is -1.85. The summed E-state index contributed by atoms with van der Waals surface area (Å²) in [6, 6.07) is 17.2. The molecule has 0 saturated carbocycles. The summed E-state index contributed by atoms with van der Waals surface area (Å²) < 4.78 is 34.1. The van der Waals surface area contributed by atoms with Crippen molar-refractivity contribution in [1.29, 1.82) is 0 Å². The molecule has 196 valence electrons. The molecule has 2 N–H and O–H groups in total. The highest BCUT2D eigenvalue weighted by Gasteiger charge is 2.33. The lowest BCUT2D eigenvalue weighted by molar-refractivity contribution is -0.123. The molecule has 4 rings (SSSR count). The Bertz CT molecular complexity index is 1680. The van der Waals surface area contributed by atoms with Crippen LogP contribution in [0.15, 0.2) is 71.6 Å². The molecule has 0 aliphatic rings. The molecule has 1 aromatic heterocycles. The van der Waals surface area contributed by atoms with E-state index in [-0.39, 0.29) is 49.3 Å². The number of rotatable bonds is 7. The van der Waals surface area contributed by atoms with Crippen molar-refractivity contribution in [3.63, 3.8) is 0 Å². The number of aryl methyl sites for hydroxylation is 1. The first kappa shape index (κ1) is 27.4. The summed E-state index contributed by atoms with van der Waals surface area (Å²) in [5, 5.41) is 9.76. The summed E-state index contributed by atoms with van der Waals surface area (Å²) in [6.45, 7) is 3.34. The predicted molar refractivity (Wildman–Crippen MR) is 146 cm³/mol. The molecule has 0 spiro atoms. The average molecular weight is 573 g/mol. The number of carbonyl (C=O) groups is 2. The molecular formula is C27H22Cl2N2O6S. The van der Waals surface area contributed by atoms with Crippen molar-refractivity contribution < 1.29 is 28.0 Å². The predicted octanol–water partition coefficient (Wildman–Crippen LogP) is 5.72. The van der Waals surface area contributed by atoms with Gasteiger partial charge < -0.3 is 4.74 Å². The van der Waals surface area contributed by atoms with Crippen LogP contribution in [0.25, 0.3) is 22.6 Å². The van der Waals surface area contributed by atoms with Crippen LogP contribution in [0.2, 0.25) is 10.0 Å². The third-order valence-electron chi connectivity index (χ3n) is 5.73. The number of carbonyl (C=O) groups excluding carboxylic acids is 2. The number of esters is 1. The molecule has 0 aliphatic carbocycles.